The number of nitrogens with one attached hydrogen (secondary N) is 1. The second kappa shape index (κ2) is 3.30. The fraction of sp³-hybridized carbons (Fsp3) is 0.143. The average Bonchev–Trinajstić information content (AvgIpc) is 1.97. The lowest BCUT2D eigenvalue weighted by Gasteiger charge is -2.05. The summed E-state index contributed by atoms with van der Waals surface area (Å²) < 4.78 is 0. The van der Waals surface area contributed by atoms with Gasteiger partial charge in [-0.25, -0.2) is 0 Å². The highest BCUT2D eigenvalue weighted by molar-refractivity contribution is 6.35. The summed E-state index contributed by atoms with van der Waals surface area (Å²) in [7, 11) is 0. The maximum Gasteiger partial charge on any atom is 0.0687 e. The highest BCUT2D eigenvalue weighted by atomic mass is 35.5. The second-order valence-electron chi connectivity index (χ2n) is 2.23. The van der Waals surface area contributed by atoms with Gasteiger partial charge in [-0.2, -0.15) is 0 Å². The minimum absolute atomic E-state index is 0.578. The Morgan fingerprint density at radius 3 is 2.45 bits per heavy atom. The van der Waals surface area contributed by atoms with E-state index in [2.05, 4.69) is 5.43 Å². The van der Waals surface area contributed by atoms with E-state index < -0.39 is 0 Å². The van der Waals surface area contributed by atoms with Gasteiger partial charge < -0.3 is 5.43 Å². The van der Waals surface area contributed by atoms with Gasteiger partial charge in [0, 0.05) is 5.02 Å². The van der Waals surface area contributed by atoms with Gasteiger partial charge in [0.1, 0.15) is 0 Å². The summed E-state index contributed by atoms with van der Waals surface area (Å²) in [5.41, 5.74) is 4.03. The molecule has 60 valence electrons. The highest BCUT2D eigenvalue weighted by Crippen LogP contribution is 2.27. The van der Waals surface area contributed by atoms with Crippen LogP contribution in [0.15, 0.2) is 12.1 Å². The van der Waals surface area contributed by atoms with Crippen molar-refractivity contribution in [1.29, 1.82) is 0 Å². The van der Waals surface area contributed by atoms with E-state index in [4.69, 9.17) is 29.0 Å². The number of hydrogen-bond donors (Lipinski definition) is 2. The maximum absolute atomic E-state index is 5.81. The smallest absolute Gasteiger partial charge is 0.0687 e. The Kier molecular flexibility index (Phi) is 2.60. The molecule has 3 N–H and O–H groups in total. The molecule has 1 aromatic rings. The van der Waals surface area contributed by atoms with Crippen molar-refractivity contribution in [3.8, 4) is 0 Å². The van der Waals surface area contributed by atoms with Gasteiger partial charge in [0.15, 0.2) is 0 Å². The van der Waals surface area contributed by atoms with Crippen LogP contribution in [-0.2, 0) is 0 Å². The number of nitrogens with two attached hydrogens (primary N) is 1. The first-order chi connectivity index (χ1) is 5.15. The number of aryl methyl sites for hydroxylation is 1. The molecule has 1 rings (SSSR count). The third-order valence-electron chi connectivity index (χ3n) is 1.40. The Morgan fingerprint density at radius 2 is 1.91 bits per heavy atom. The van der Waals surface area contributed by atoms with Crippen LogP contribution in [0.5, 0.6) is 0 Å². The molecule has 0 amide bonds. The summed E-state index contributed by atoms with van der Waals surface area (Å²) in [4.78, 5) is 0. The van der Waals surface area contributed by atoms with Crippen LogP contribution in [0.3, 0.4) is 0 Å². The van der Waals surface area contributed by atoms with Crippen LogP contribution in [0.1, 0.15) is 5.56 Å². The van der Waals surface area contributed by atoms with E-state index >= 15 is 0 Å². The van der Waals surface area contributed by atoms with Gasteiger partial charge in [0.2, 0.25) is 0 Å². The summed E-state index contributed by atoms with van der Waals surface area (Å²) >= 11 is 11.6. The topological polar surface area (TPSA) is 38.0 Å². The number of hydrazine groups is 1. The zero-order chi connectivity index (χ0) is 8.43. The SMILES string of the molecule is Cc1cc(Cl)c(NN)cc1Cl. The molecule has 0 aliphatic heterocycles. The van der Waals surface area contributed by atoms with Crippen LogP contribution in [0.2, 0.25) is 10.0 Å². The van der Waals surface area contributed by atoms with Gasteiger partial charge in [-0.3, -0.25) is 5.84 Å². The molecule has 0 saturated carbocycles. The minimum Gasteiger partial charge on any atom is -0.323 e. The fourth-order valence-corrected chi connectivity index (χ4v) is 1.19. The Balaban J connectivity index is 3.21. The zero-order valence-electron chi connectivity index (χ0n) is 5.99. The first kappa shape index (κ1) is 8.65. The number of halogens is 2. The van der Waals surface area contributed by atoms with Crippen molar-refractivity contribution in [1.82, 2.24) is 0 Å². The normalized spacial score (nSPS) is 9.82. The van der Waals surface area contributed by atoms with Crippen molar-refractivity contribution < 1.29 is 0 Å². The molecule has 0 fully saturated rings. The van der Waals surface area contributed by atoms with Gasteiger partial charge in [-0.1, -0.05) is 23.2 Å². The Morgan fingerprint density at radius 1 is 1.27 bits per heavy atom. The molecule has 0 bridgehead atoms. The molecule has 1 aromatic carbocycles. The van der Waals surface area contributed by atoms with Gasteiger partial charge >= 0.3 is 0 Å². The second-order valence-corrected chi connectivity index (χ2v) is 3.04. The number of benzene rings is 1. The Labute approximate surface area is 75.3 Å². The lowest BCUT2D eigenvalue weighted by atomic mass is 10.2. The highest BCUT2D eigenvalue weighted by Gasteiger charge is 2.01. The lowest BCUT2D eigenvalue weighted by Crippen LogP contribution is -2.07. The quantitative estimate of drug-likeness (QED) is 0.528. The Hall–Kier alpha value is -0.440. The molecular weight excluding hydrogens is 183 g/mol. The van der Waals surface area contributed by atoms with Crippen LogP contribution in [0.25, 0.3) is 0 Å². The number of hydrogen-bond acceptors (Lipinski definition) is 2. The standard InChI is InChI=1S/C7H8Cl2N2/c1-4-2-6(9)7(11-10)3-5(4)8/h2-3,11H,10H2,1H3. The molecule has 0 atom stereocenters. The van der Waals surface area contributed by atoms with Crippen LogP contribution >= 0.6 is 23.2 Å². The first-order valence-electron chi connectivity index (χ1n) is 3.07. The molecule has 0 saturated heterocycles. The zero-order valence-corrected chi connectivity index (χ0v) is 7.50. The fourth-order valence-electron chi connectivity index (χ4n) is 0.757. The van der Waals surface area contributed by atoms with Crippen molar-refractivity contribution in [2.45, 2.75) is 6.92 Å². The van der Waals surface area contributed by atoms with Crippen molar-refractivity contribution in [3.05, 3.63) is 27.7 Å². The third kappa shape index (κ3) is 1.77. The summed E-state index contributed by atoms with van der Waals surface area (Å²) in [6, 6.07) is 3.46. The number of rotatable bonds is 1. The summed E-state index contributed by atoms with van der Waals surface area (Å²) in [5, 5.41) is 1.23. The first-order valence-corrected chi connectivity index (χ1v) is 3.83. The predicted octanol–water partition coefficient (Wildman–Crippen LogP) is 2.59. The van der Waals surface area contributed by atoms with Gasteiger partial charge in [0.05, 0.1) is 10.7 Å². The molecule has 11 heavy (non-hydrogen) atoms. The molecule has 0 unspecified atom stereocenters. The van der Waals surface area contributed by atoms with E-state index in [-0.39, 0.29) is 0 Å². The molecular formula is C7H8Cl2N2. The van der Waals surface area contributed by atoms with Crippen molar-refractivity contribution in [2.75, 3.05) is 5.43 Å². The van der Waals surface area contributed by atoms with Crippen LogP contribution in [0, 0.1) is 6.92 Å². The van der Waals surface area contributed by atoms with Crippen molar-refractivity contribution in [3.63, 3.8) is 0 Å². The lowest BCUT2D eigenvalue weighted by molar-refractivity contribution is 1.34. The summed E-state index contributed by atoms with van der Waals surface area (Å²) in [5.74, 6) is 5.18. The van der Waals surface area contributed by atoms with Gasteiger partial charge in [0.25, 0.3) is 0 Å². The summed E-state index contributed by atoms with van der Waals surface area (Å²) in [6.07, 6.45) is 0. The molecule has 0 radical (unpaired) electrons. The minimum atomic E-state index is 0.578. The maximum atomic E-state index is 5.81. The Bertz CT molecular complexity index is 273. The number of anilines is 1. The van der Waals surface area contributed by atoms with E-state index in [9.17, 15) is 0 Å². The third-order valence-corrected chi connectivity index (χ3v) is 2.12. The van der Waals surface area contributed by atoms with E-state index in [1.807, 2.05) is 6.92 Å². The molecule has 0 aliphatic carbocycles. The largest absolute Gasteiger partial charge is 0.323 e. The number of nitrogen functional groups attached to an aromatic ring is 1. The molecule has 0 aliphatic rings. The van der Waals surface area contributed by atoms with Crippen molar-refractivity contribution in [2.24, 2.45) is 5.84 Å². The van der Waals surface area contributed by atoms with E-state index in [1.165, 1.54) is 0 Å². The van der Waals surface area contributed by atoms with E-state index in [0.717, 1.165) is 5.56 Å². The van der Waals surface area contributed by atoms with Crippen LogP contribution < -0.4 is 11.3 Å². The van der Waals surface area contributed by atoms with E-state index in [0.29, 0.717) is 15.7 Å². The van der Waals surface area contributed by atoms with Crippen LogP contribution in [-0.4, -0.2) is 0 Å². The molecule has 0 spiro atoms. The monoisotopic (exact) mass is 190 g/mol. The molecule has 0 aromatic heterocycles. The molecule has 0 heterocycles. The van der Waals surface area contributed by atoms with Gasteiger partial charge in [-0.15, -0.1) is 0 Å². The average molecular weight is 191 g/mol. The summed E-state index contributed by atoms with van der Waals surface area (Å²) in [6.45, 7) is 1.88. The van der Waals surface area contributed by atoms with E-state index in [1.54, 1.807) is 12.1 Å². The molecule has 2 nitrogen and oxygen atoms in total. The van der Waals surface area contributed by atoms with Crippen LogP contribution in [0.4, 0.5) is 5.69 Å². The molecule has 4 heteroatoms. The van der Waals surface area contributed by atoms with Crippen molar-refractivity contribution >= 4 is 28.9 Å². The predicted molar refractivity (Wildman–Crippen MR) is 49.0 cm³/mol. The van der Waals surface area contributed by atoms with Gasteiger partial charge in [-0.05, 0) is 24.6 Å².